The zero-order chi connectivity index (χ0) is 14.7. The van der Waals surface area contributed by atoms with E-state index in [-0.39, 0.29) is 5.02 Å². The van der Waals surface area contributed by atoms with E-state index in [1.807, 2.05) is 19.1 Å². The second-order valence-corrected chi connectivity index (χ2v) is 5.62. The molecule has 0 aliphatic heterocycles. The normalized spacial score (nSPS) is 10.9. The molecule has 2 rings (SSSR count). The maximum absolute atomic E-state index is 13.4. The van der Waals surface area contributed by atoms with Gasteiger partial charge in [0.05, 0.1) is 5.02 Å². The highest BCUT2D eigenvalue weighted by atomic mass is 35.5. The first-order valence-electron chi connectivity index (χ1n) is 6.64. The molecule has 0 aromatic heterocycles. The molecule has 1 nitrogen and oxygen atoms in total. The van der Waals surface area contributed by atoms with Crippen molar-refractivity contribution in [3.63, 3.8) is 0 Å². The van der Waals surface area contributed by atoms with E-state index >= 15 is 0 Å². The van der Waals surface area contributed by atoms with Crippen LogP contribution in [0.3, 0.4) is 0 Å². The highest BCUT2D eigenvalue weighted by Gasteiger charge is 2.06. The van der Waals surface area contributed by atoms with Crippen LogP contribution in [-0.2, 0) is 6.61 Å². The minimum absolute atomic E-state index is 0.131. The lowest BCUT2D eigenvalue weighted by molar-refractivity contribution is 0.303. The van der Waals surface area contributed by atoms with Gasteiger partial charge in [-0.25, -0.2) is 4.39 Å². The molecule has 0 unspecified atom stereocenters. The maximum Gasteiger partial charge on any atom is 0.142 e. The molecule has 0 radical (unpaired) electrons. The Labute approximate surface area is 124 Å². The molecule has 3 heteroatoms. The van der Waals surface area contributed by atoms with Crippen molar-refractivity contribution in [2.24, 2.45) is 0 Å². The van der Waals surface area contributed by atoms with Crippen molar-refractivity contribution in [3.05, 3.63) is 63.9 Å². The summed E-state index contributed by atoms with van der Waals surface area (Å²) in [5, 5.41) is 0.131. The Kier molecular flexibility index (Phi) is 4.66. The molecular formula is C17H18ClFO. The van der Waals surface area contributed by atoms with Crippen LogP contribution >= 0.6 is 11.6 Å². The summed E-state index contributed by atoms with van der Waals surface area (Å²) in [6.07, 6.45) is 0. The Bertz CT molecular complexity index is 608. The van der Waals surface area contributed by atoms with Crippen molar-refractivity contribution in [1.82, 2.24) is 0 Å². The maximum atomic E-state index is 13.4. The van der Waals surface area contributed by atoms with Gasteiger partial charge in [-0.3, -0.25) is 0 Å². The molecule has 0 aliphatic carbocycles. The minimum Gasteiger partial charge on any atom is -0.489 e. The summed E-state index contributed by atoms with van der Waals surface area (Å²) in [7, 11) is 0. The summed E-state index contributed by atoms with van der Waals surface area (Å²) in [5.74, 6) is 0.873. The van der Waals surface area contributed by atoms with Crippen LogP contribution in [0.5, 0.6) is 5.75 Å². The van der Waals surface area contributed by atoms with Gasteiger partial charge >= 0.3 is 0 Å². The molecule has 0 amide bonds. The lowest BCUT2D eigenvalue weighted by Gasteiger charge is -2.13. The number of halogens is 2. The Hall–Kier alpha value is -1.54. The zero-order valence-corrected chi connectivity index (χ0v) is 12.7. The van der Waals surface area contributed by atoms with Gasteiger partial charge in [0, 0.05) is 0 Å². The standard InChI is InChI=1S/C17H18ClFO/c1-11(2)14-6-4-12(3)17(9-14)20-10-13-5-7-15(18)16(19)8-13/h4-9,11H,10H2,1-3H3. The molecule has 106 valence electrons. The van der Waals surface area contributed by atoms with Gasteiger partial charge in [-0.05, 0) is 47.7 Å². The third-order valence-electron chi connectivity index (χ3n) is 3.26. The highest BCUT2D eigenvalue weighted by Crippen LogP contribution is 2.25. The average molecular weight is 293 g/mol. The van der Waals surface area contributed by atoms with Gasteiger partial charge in [-0.1, -0.05) is 43.6 Å². The van der Waals surface area contributed by atoms with Crippen LogP contribution in [0.25, 0.3) is 0 Å². The SMILES string of the molecule is Cc1ccc(C(C)C)cc1OCc1ccc(Cl)c(F)c1. The third-order valence-corrected chi connectivity index (χ3v) is 3.56. The van der Waals surface area contributed by atoms with Gasteiger partial charge in [0.1, 0.15) is 18.2 Å². The molecule has 0 atom stereocenters. The second kappa shape index (κ2) is 6.27. The second-order valence-electron chi connectivity index (χ2n) is 5.22. The zero-order valence-electron chi connectivity index (χ0n) is 11.9. The smallest absolute Gasteiger partial charge is 0.142 e. The van der Waals surface area contributed by atoms with Gasteiger partial charge in [-0.2, -0.15) is 0 Å². The van der Waals surface area contributed by atoms with E-state index in [1.54, 1.807) is 12.1 Å². The molecule has 2 aromatic carbocycles. The molecule has 0 bridgehead atoms. The van der Waals surface area contributed by atoms with E-state index in [1.165, 1.54) is 11.6 Å². The van der Waals surface area contributed by atoms with Crippen LogP contribution in [-0.4, -0.2) is 0 Å². The molecule has 0 N–H and O–H groups in total. The van der Waals surface area contributed by atoms with E-state index in [4.69, 9.17) is 16.3 Å². The van der Waals surface area contributed by atoms with E-state index < -0.39 is 5.82 Å². The topological polar surface area (TPSA) is 9.23 Å². The number of benzene rings is 2. The monoisotopic (exact) mass is 292 g/mol. The van der Waals surface area contributed by atoms with Crippen molar-refractivity contribution in [2.75, 3.05) is 0 Å². The van der Waals surface area contributed by atoms with Crippen molar-refractivity contribution in [2.45, 2.75) is 33.3 Å². The van der Waals surface area contributed by atoms with E-state index in [2.05, 4.69) is 19.9 Å². The summed E-state index contributed by atoms with van der Waals surface area (Å²) in [6, 6.07) is 10.9. The van der Waals surface area contributed by atoms with Gasteiger partial charge in [0.15, 0.2) is 0 Å². The molecule has 0 aliphatic rings. The first kappa shape index (κ1) is 14.9. The van der Waals surface area contributed by atoms with Gasteiger partial charge < -0.3 is 4.74 Å². The van der Waals surface area contributed by atoms with Crippen molar-refractivity contribution < 1.29 is 9.13 Å². The number of aryl methyl sites for hydroxylation is 1. The van der Waals surface area contributed by atoms with Crippen molar-refractivity contribution in [1.29, 1.82) is 0 Å². The Morgan fingerprint density at radius 3 is 2.55 bits per heavy atom. The van der Waals surface area contributed by atoms with Crippen LogP contribution in [0.15, 0.2) is 36.4 Å². The predicted molar refractivity (Wildman–Crippen MR) is 81.0 cm³/mol. The molecular weight excluding hydrogens is 275 g/mol. The third kappa shape index (κ3) is 3.51. The fraction of sp³-hybridized carbons (Fsp3) is 0.294. The van der Waals surface area contributed by atoms with E-state index in [0.29, 0.717) is 12.5 Å². The molecule has 0 saturated carbocycles. The summed E-state index contributed by atoms with van der Waals surface area (Å²) >= 11 is 5.66. The van der Waals surface area contributed by atoms with Crippen LogP contribution in [0, 0.1) is 12.7 Å². The Balaban J connectivity index is 2.13. The summed E-state index contributed by atoms with van der Waals surface area (Å²) < 4.78 is 19.2. The molecule has 0 fully saturated rings. The molecule has 0 spiro atoms. The van der Waals surface area contributed by atoms with Gasteiger partial charge in [0.25, 0.3) is 0 Å². The summed E-state index contributed by atoms with van der Waals surface area (Å²) in [4.78, 5) is 0. The number of hydrogen-bond donors (Lipinski definition) is 0. The number of ether oxygens (including phenoxy) is 1. The quantitative estimate of drug-likeness (QED) is 0.724. The van der Waals surface area contributed by atoms with Crippen LogP contribution < -0.4 is 4.74 Å². The molecule has 20 heavy (non-hydrogen) atoms. The molecule has 2 aromatic rings. The van der Waals surface area contributed by atoms with Crippen LogP contribution in [0.4, 0.5) is 4.39 Å². The first-order chi connectivity index (χ1) is 9.47. The Morgan fingerprint density at radius 2 is 1.90 bits per heavy atom. The van der Waals surface area contributed by atoms with Crippen LogP contribution in [0.1, 0.15) is 36.5 Å². The fourth-order valence-corrected chi connectivity index (χ4v) is 2.04. The lowest BCUT2D eigenvalue weighted by atomic mass is 10.0. The van der Waals surface area contributed by atoms with Gasteiger partial charge in [-0.15, -0.1) is 0 Å². The lowest BCUT2D eigenvalue weighted by Crippen LogP contribution is -1.99. The average Bonchev–Trinajstić information content (AvgIpc) is 2.41. The van der Waals surface area contributed by atoms with E-state index in [9.17, 15) is 4.39 Å². The van der Waals surface area contributed by atoms with Crippen molar-refractivity contribution >= 4 is 11.6 Å². The Morgan fingerprint density at radius 1 is 1.15 bits per heavy atom. The summed E-state index contributed by atoms with van der Waals surface area (Å²) in [5.41, 5.74) is 3.07. The van der Waals surface area contributed by atoms with Gasteiger partial charge in [0.2, 0.25) is 0 Å². The first-order valence-corrected chi connectivity index (χ1v) is 7.02. The fourth-order valence-electron chi connectivity index (χ4n) is 1.92. The highest BCUT2D eigenvalue weighted by molar-refractivity contribution is 6.30. The molecule has 0 heterocycles. The number of rotatable bonds is 4. The van der Waals surface area contributed by atoms with Crippen LogP contribution in [0.2, 0.25) is 5.02 Å². The largest absolute Gasteiger partial charge is 0.489 e. The minimum atomic E-state index is -0.416. The van der Waals surface area contributed by atoms with E-state index in [0.717, 1.165) is 16.9 Å². The van der Waals surface area contributed by atoms with Crippen molar-refractivity contribution in [3.8, 4) is 5.75 Å². The number of hydrogen-bond acceptors (Lipinski definition) is 1. The predicted octanol–water partition coefficient (Wildman–Crippen LogP) is 5.49. The molecule has 0 saturated heterocycles. The summed E-state index contributed by atoms with van der Waals surface area (Å²) in [6.45, 7) is 6.62.